The quantitative estimate of drug-likeness (QED) is 0.912. The van der Waals surface area contributed by atoms with Crippen LogP contribution in [0.1, 0.15) is 18.9 Å². The van der Waals surface area contributed by atoms with Crippen molar-refractivity contribution in [1.29, 1.82) is 0 Å². The highest BCUT2D eigenvalue weighted by Gasteiger charge is 2.18. The first-order valence-corrected chi connectivity index (χ1v) is 7.24. The third kappa shape index (κ3) is 3.49. The van der Waals surface area contributed by atoms with Gasteiger partial charge in [0.25, 0.3) is 0 Å². The Labute approximate surface area is 117 Å². The van der Waals surface area contributed by atoms with Crippen LogP contribution in [0.3, 0.4) is 0 Å². The van der Waals surface area contributed by atoms with E-state index >= 15 is 0 Å². The molecule has 0 spiro atoms. The molecular formula is C15H18N2OS. The molecule has 1 aromatic heterocycles. The van der Waals surface area contributed by atoms with Gasteiger partial charge < -0.3 is 5.73 Å². The van der Waals surface area contributed by atoms with E-state index in [2.05, 4.69) is 4.98 Å². The van der Waals surface area contributed by atoms with E-state index in [4.69, 9.17) is 5.73 Å². The number of nitrogens with zero attached hydrogens (tertiary/aromatic N) is 1. The van der Waals surface area contributed by atoms with E-state index in [0.29, 0.717) is 6.42 Å². The first kappa shape index (κ1) is 13.9. The molecule has 0 bridgehead atoms. The van der Waals surface area contributed by atoms with Crippen molar-refractivity contribution >= 4 is 17.1 Å². The Kier molecular flexibility index (Phi) is 4.45. The van der Waals surface area contributed by atoms with Crippen LogP contribution in [0.15, 0.2) is 35.7 Å². The molecule has 1 heterocycles. The van der Waals surface area contributed by atoms with Crippen LogP contribution in [0.5, 0.6) is 0 Å². The van der Waals surface area contributed by atoms with Crippen molar-refractivity contribution in [1.82, 2.24) is 4.98 Å². The van der Waals surface area contributed by atoms with Crippen molar-refractivity contribution < 1.29 is 4.79 Å². The van der Waals surface area contributed by atoms with Gasteiger partial charge in [0.15, 0.2) is 0 Å². The molecule has 0 radical (unpaired) electrons. The summed E-state index contributed by atoms with van der Waals surface area (Å²) in [6.45, 7) is 3.73. The van der Waals surface area contributed by atoms with Gasteiger partial charge in [-0.3, -0.25) is 4.79 Å². The fraction of sp³-hybridized carbons (Fsp3) is 0.333. The van der Waals surface area contributed by atoms with E-state index in [0.717, 1.165) is 16.3 Å². The lowest BCUT2D eigenvalue weighted by Crippen LogP contribution is -2.31. The molecule has 2 unspecified atom stereocenters. The molecule has 3 nitrogen and oxygen atoms in total. The second-order valence-corrected chi connectivity index (χ2v) is 5.73. The lowest BCUT2D eigenvalue weighted by molar-refractivity contribution is -0.122. The smallest absolute Gasteiger partial charge is 0.144 e. The predicted octanol–water partition coefficient (Wildman–Crippen LogP) is 2.91. The zero-order valence-corrected chi connectivity index (χ0v) is 12.0. The molecule has 2 rings (SSSR count). The minimum Gasteiger partial charge on any atom is -0.327 e. The Bertz CT molecular complexity index is 548. The summed E-state index contributed by atoms with van der Waals surface area (Å²) < 4.78 is 0. The van der Waals surface area contributed by atoms with Crippen LogP contribution in [0.2, 0.25) is 0 Å². The Morgan fingerprint density at radius 2 is 2.00 bits per heavy atom. The highest BCUT2D eigenvalue weighted by molar-refractivity contribution is 7.10. The molecule has 0 fully saturated rings. The number of Topliss-reactive ketones (excluding diaryl/α,β-unsaturated/α-hetero) is 1. The zero-order valence-electron chi connectivity index (χ0n) is 11.2. The number of aromatic nitrogens is 1. The average molecular weight is 274 g/mol. The van der Waals surface area contributed by atoms with Gasteiger partial charge in [-0.15, -0.1) is 11.3 Å². The van der Waals surface area contributed by atoms with Gasteiger partial charge in [0.05, 0.1) is 12.1 Å². The summed E-state index contributed by atoms with van der Waals surface area (Å²) in [5.41, 5.74) is 7.76. The fourth-order valence-corrected chi connectivity index (χ4v) is 2.55. The SMILES string of the molecule is CC(N)C(C)C(=O)Cc1nc(-c2ccccc2)cs1. The Morgan fingerprint density at radius 3 is 2.63 bits per heavy atom. The third-order valence-electron chi connectivity index (χ3n) is 3.24. The topological polar surface area (TPSA) is 56.0 Å². The van der Waals surface area contributed by atoms with Crippen LogP contribution in [0.4, 0.5) is 0 Å². The van der Waals surface area contributed by atoms with Crippen molar-refractivity contribution in [3.63, 3.8) is 0 Å². The number of hydrogen-bond donors (Lipinski definition) is 1. The second kappa shape index (κ2) is 6.08. The third-order valence-corrected chi connectivity index (χ3v) is 4.09. The van der Waals surface area contributed by atoms with Gasteiger partial charge in [0.1, 0.15) is 10.8 Å². The molecule has 0 aliphatic carbocycles. The summed E-state index contributed by atoms with van der Waals surface area (Å²) >= 11 is 1.53. The molecule has 2 aromatic rings. The standard InChI is InChI=1S/C15H18N2OS/c1-10(11(2)16)14(18)8-15-17-13(9-19-15)12-6-4-3-5-7-12/h3-7,9-11H,8,16H2,1-2H3. The molecule has 0 amide bonds. The van der Waals surface area contributed by atoms with E-state index in [1.165, 1.54) is 11.3 Å². The monoisotopic (exact) mass is 274 g/mol. The molecule has 0 aliphatic heterocycles. The van der Waals surface area contributed by atoms with Gasteiger partial charge >= 0.3 is 0 Å². The Balaban J connectivity index is 2.08. The second-order valence-electron chi connectivity index (χ2n) is 4.78. The van der Waals surface area contributed by atoms with Gasteiger partial charge in [-0.05, 0) is 6.92 Å². The van der Waals surface area contributed by atoms with Crippen molar-refractivity contribution in [2.45, 2.75) is 26.3 Å². The summed E-state index contributed by atoms with van der Waals surface area (Å²) in [5, 5.41) is 2.85. The van der Waals surface area contributed by atoms with Crippen LogP contribution >= 0.6 is 11.3 Å². The summed E-state index contributed by atoms with van der Waals surface area (Å²) in [6.07, 6.45) is 0.375. The van der Waals surface area contributed by atoms with E-state index in [-0.39, 0.29) is 17.7 Å². The summed E-state index contributed by atoms with van der Waals surface area (Å²) in [7, 11) is 0. The molecule has 100 valence electrons. The summed E-state index contributed by atoms with van der Waals surface area (Å²) in [5.74, 6) is 0.0352. The van der Waals surface area contributed by atoms with E-state index in [1.54, 1.807) is 0 Å². The van der Waals surface area contributed by atoms with E-state index < -0.39 is 0 Å². The molecular weight excluding hydrogens is 256 g/mol. The van der Waals surface area contributed by atoms with Crippen molar-refractivity contribution in [2.24, 2.45) is 11.7 Å². The van der Waals surface area contributed by atoms with Crippen LogP contribution in [0.25, 0.3) is 11.3 Å². The van der Waals surface area contributed by atoms with Gasteiger partial charge in [-0.1, -0.05) is 37.3 Å². The Hall–Kier alpha value is -1.52. The van der Waals surface area contributed by atoms with Crippen molar-refractivity contribution in [3.8, 4) is 11.3 Å². The highest BCUT2D eigenvalue weighted by atomic mass is 32.1. The van der Waals surface area contributed by atoms with Crippen LogP contribution in [-0.2, 0) is 11.2 Å². The summed E-state index contributed by atoms with van der Waals surface area (Å²) in [4.78, 5) is 16.5. The first-order chi connectivity index (χ1) is 9.08. The minimum atomic E-state index is -0.121. The number of benzene rings is 1. The van der Waals surface area contributed by atoms with E-state index in [9.17, 15) is 4.79 Å². The molecule has 1 aromatic carbocycles. The molecule has 4 heteroatoms. The fourth-order valence-electron chi connectivity index (χ4n) is 1.74. The maximum absolute atomic E-state index is 12.0. The largest absolute Gasteiger partial charge is 0.327 e. The molecule has 19 heavy (non-hydrogen) atoms. The first-order valence-electron chi connectivity index (χ1n) is 6.36. The normalized spacial score (nSPS) is 14.1. The van der Waals surface area contributed by atoms with E-state index in [1.807, 2.05) is 49.6 Å². The zero-order chi connectivity index (χ0) is 13.8. The minimum absolute atomic E-state index is 0.110. The van der Waals surface area contributed by atoms with Crippen molar-refractivity contribution in [2.75, 3.05) is 0 Å². The maximum atomic E-state index is 12.0. The average Bonchev–Trinajstić information content (AvgIpc) is 2.87. The number of thiazole rings is 1. The molecule has 0 aliphatic rings. The van der Waals surface area contributed by atoms with Gasteiger partial charge in [-0.25, -0.2) is 4.98 Å². The lowest BCUT2D eigenvalue weighted by atomic mass is 9.97. The van der Waals surface area contributed by atoms with Gasteiger partial charge in [-0.2, -0.15) is 0 Å². The molecule has 2 atom stereocenters. The number of hydrogen-bond acceptors (Lipinski definition) is 4. The highest BCUT2D eigenvalue weighted by Crippen LogP contribution is 2.22. The summed E-state index contributed by atoms with van der Waals surface area (Å²) in [6, 6.07) is 9.87. The number of carbonyl (C=O) groups is 1. The van der Waals surface area contributed by atoms with Crippen LogP contribution in [-0.4, -0.2) is 16.8 Å². The van der Waals surface area contributed by atoms with Gasteiger partial charge in [0.2, 0.25) is 0 Å². The number of nitrogens with two attached hydrogens (primary N) is 1. The van der Waals surface area contributed by atoms with Crippen LogP contribution < -0.4 is 5.73 Å². The lowest BCUT2D eigenvalue weighted by Gasteiger charge is -2.12. The molecule has 0 saturated carbocycles. The molecule has 0 saturated heterocycles. The number of carbonyl (C=O) groups excluding carboxylic acids is 1. The molecule has 2 N–H and O–H groups in total. The predicted molar refractivity (Wildman–Crippen MR) is 79.1 cm³/mol. The van der Waals surface area contributed by atoms with Crippen LogP contribution in [0, 0.1) is 5.92 Å². The van der Waals surface area contributed by atoms with Gasteiger partial charge in [0, 0.05) is 22.9 Å². The van der Waals surface area contributed by atoms with Crippen molar-refractivity contribution in [3.05, 3.63) is 40.7 Å². The number of ketones is 1. The Morgan fingerprint density at radius 1 is 1.32 bits per heavy atom. The number of rotatable bonds is 5. The maximum Gasteiger partial charge on any atom is 0.144 e.